The van der Waals surface area contributed by atoms with E-state index in [1.54, 1.807) is 60.7 Å². The number of hydrogen-bond donors (Lipinski definition) is 1. The molecule has 0 spiro atoms. The Morgan fingerprint density at radius 2 is 1.21 bits per heavy atom. The average Bonchev–Trinajstić information content (AvgIpc) is 2.86. The Balaban J connectivity index is 0.00000253. The second-order valence-electron chi connectivity index (χ2n) is 8.64. The van der Waals surface area contributed by atoms with E-state index in [-0.39, 0.29) is 74.5 Å². The smallest absolute Gasteiger partial charge is 1.00 e. The maximum absolute atomic E-state index is 14.3. The molecule has 0 atom stereocenters. The van der Waals surface area contributed by atoms with Gasteiger partial charge in [0.2, 0.25) is 5.82 Å². The summed E-state index contributed by atoms with van der Waals surface area (Å²) in [5, 5.41) is 2.30. The molecule has 0 radical (unpaired) electrons. The Morgan fingerprint density at radius 3 is 1.69 bits per heavy atom. The third-order valence-corrected chi connectivity index (χ3v) is 5.71. The molecular formula is C27H19Cl2F5N2O2Zr. The molecule has 4 rings (SSSR count). The average molecular weight is 661 g/mol. The molecule has 202 valence electrons. The van der Waals surface area contributed by atoms with Gasteiger partial charge in [0, 0.05) is 5.57 Å². The van der Waals surface area contributed by atoms with Crippen LogP contribution in [0.3, 0.4) is 0 Å². The first-order valence-electron chi connectivity index (χ1n) is 10.8. The molecular weight excluding hydrogens is 641 g/mol. The standard InChI is InChI=1S/C27H19F5N2O2.2ClH.Zr/c1-27(2,34-26(36)19-20(28)22(30)24(32)23(31)21(19)29)25-18(15-11-7-4-8-12-15)17(35)13-16(33-25)14-9-5-3-6-10-14;;;/h3-12H,13H2,1-2H3,(H,34,36);2*1H;/q;;;+2/p-2. The molecule has 39 heavy (non-hydrogen) atoms. The Morgan fingerprint density at radius 1 is 0.769 bits per heavy atom. The first-order valence-corrected chi connectivity index (χ1v) is 10.8. The van der Waals surface area contributed by atoms with Crippen molar-refractivity contribution in [2.45, 2.75) is 25.8 Å². The van der Waals surface area contributed by atoms with Crippen LogP contribution in [0, 0.1) is 29.1 Å². The van der Waals surface area contributed by atoms with E-state index in [9.17, 15) is 31.5 Å². The van der Waals surface area contributed by atoms with E-state index < -0.39 is 46.1 Å². The molecule has 1 aliphatic rings. The van der Waals surface area contributed by atoms with E-state index in [0.717, 1.165) is 0 Å². The van der Waals surface area contributed by atoms with Crippen LogP contribution in [0.5, 0.6) is 0 Å². The van der Waals surface area contributed by atoms with Gasteiger partial charge in [-0.25, -0.2) is 22.0 Å². The molecule has 1 aliphatic heterocycles. The molecule has 3 aromatic carbocycles. The van der Waals surface area contributed by atoms with E-state index in [1.165, 1.54) is 13.8 Å². The van der Waals surface area contributed by atoms with Crippen molar-refractivity contribution in [3.63, 3.8) is 0 Å². The van der Waals surface area contributed by atoms with Crippen LogP contribution in [0.2, 0.25) is 0 Å². The van der Waals surface area contributed by atoms with Gasteiger partial charge in [0.25, 0.3) is 5.91 Å². The number of carbonyl (C=O) groups excluding carboxylic acids is 2. The number of allylic oxidation sites excluding steroid dienone is 1. The largest absolute Gasteiger partial charge is 2.00 e. The number of hydrogen-bond acceptors (Lipinski definition) is 3. The first kappa shape index (κ1) is 34.4. The maximum Gasteiger partial charge on any atom is 2.00 e. The number of rotatable bonds is 5. The minimum Gasteiger partial charge on any atom is -1.00 e. The van der Waals surface area contributed by atoms with Gasteiger partial charge in [0.05, 0.1) is 23.4 Å². The summed E-state index contributed by atoms with van der Waals surface area (Å²) in [7, 11) is 0. The zero-order chi connectivity index (χ0) is 26.2. The molecule has 0 saturated heterocycles. The third kappa shape index (κ3) is 6.73. The molecule has 12 heteroatoms. The van der Waals surface area contributed by atoms with Gasteiger partial charge in [-0.1, -0.05) is 60.7 Å². The second kappa shape index (κ2) is 13.6. The summed E-state index contributed by atoms with van der Waals surface area (Å²) in [5.41, 5.74) is -1.42. The van der Waals surface area contributed by atoms with Crippen molar-refractivity contribution in [3.8, 4) is 0 Å². The molecule has 0 bridgehead atoms. The fourth-order valence-corrected chi connectivity index (χ4v) is 3.96. The monoisotopic (exact) mass is 658 g/mol. The second-order valence-corrected chi connectivity index (χ2v) is 8.64. The summed E-state index contributed by atoms with van der Waals surface area (Å²) < 4.78 is 69.4. The van der Waals surface area contributed by atoms with Gasteiger partial charge in [-0.15, -0.1) is 0 Å². The molecule has 0 fully saturated rings. The van der Waals surface area contributed by atoms with Gasteiger partial charge in [-0.3, -0.25) is 14.6 Å². The Bertz CT molecular complexity index is 1420. The molecule has 0 unspecified atom stereocenters. The van der Waals surface area contributed by atoms with Crippen molar-refractivity contribution in [2.24, 2.45) is 4.99 Å². The maximum atomic E-state index is 14.3. The molecule has 3 aromatic rings. The SMILES string of the molecule is CC(C)(NC(=O)c1c(F)c(F)c(F)c(F)c1F)C1=C(c2ccccc2)C(=O)CC(c2ccccc2)=N1.[Cl-].[Cl-].[Zr+2]. The summed E-state index contributed by atoms with van der Waals surface area (Å²) >= 11 is 0. The number of aliphatic imine (C=N–C) groups is 1. The molecule has 1 N–H and O–H groups in total. The van der Waals surface area contributed by atoms with Gasteiger partial charge in [0.15, 0.2) is 29.1 Å². The summed E-state index contributed by atoms with van der Waals surface area (Å²) in [6.45, 7) is 2.83. The quantitative estimate of drug-likeness (QED) is 0.234. The Kier molecular flexibility index (Phi) is 12.0. The molecule has 1 amide bonds. The van der Waals surface area contributed by atoms with Crippen LogP contribution in [0.15, 0.2) is 71.4 Å². The van der Waals surface area contributed by atoms with E-state index in [4.69, 9.17) is 0 Å². The van der Waals surface area contributed by atoms with Crippen LogP contribution < -0.4 is 30.1 Å². The molecule has 0 saturated carbocycles. The van der Waals surface area contributed by atoms with Crippen LogP contribution in [-0.4, -0.2) is 22.9 Å². The van der Waals surface area contributed by atoms with Crippen LogP contribution in [0.4, 0.5) is 22.0 Å². The van der Waals surface area contributed by atoms with Gasteiger partial charge in [0.1, 0.15) is 5.56 Å². The number of Topliss-reactive ketones (excluding diaryl/α,β-unsaturated/α-hetero) is 1. The molecule has 0 aromatic heterocycles. The van der Waals surface area contributed by atoms with Gasteiger partial charge < -0.3 is 30.1 Å². The van der Waals surface area contributed by atoms with Gasteiger partial charge in [-0.05, 0) is 25.0 Å². The number of ketones is 1. The summed E-state index contributed by atoms with van der Waals surface area (Å²) in [6.07, 6.45) is -0.0423. The van der Waals surface area contributed by atoms with Crippen molar-refractivity contribution in [2.75, 3.05) is 0 Å². The number of nitrogens with zero attached hydrogens (tertiary/aromatic N) is 1. The van der Waals surface area contributed by atoms with Crippen LogP contribution in [0.25, 0.3) is 5.57 Å². The third-order valence-electron chi connectivity index (χ3n) is 5.71. The van der Waals surface area contributed by atoms with Gasteiger partial charge in [-0.2, -0.15) is 0 Å². The predicted molar refractivity (Wildman–Crippen MR) is 124 cm³/mol. The van der Waals surface area contributed by atoms with Gasteiger partial charge >= 0.3 is 26.2 Å². The van der Waals surface area contributed by atoms with Crippen molar-refractivity contribution in [3.05, 3.63) is 112 Å². The fraction of sp³-hybridized carbons (Fsp3) is 0.148. The number of carbonyl (C=O) groups is 2. The Labute approximate surface area is 252 Å². The first-order chi connectivity index (χ1) is 17.0. The summed E-state index contributed by atoms with van der Waals surface area (Å²) in [6, 6.07) is 17.3. The number of amides is 1. The topological polar surface area (TPSA) is 58.5 Å². The minimum atomic E-state index is -2.37. The van der Waals surface area contributed by atoms with Crippen molar-refractivity contribution in [1.29, 1.82) is 0 Å². The molecule has 0 aliphatic carbocycles. The fourth-order valence-electron chi connectivity index (χ4n) is 3.96. The van der Waals surface area contributed by atoms with Crippen LogP contribution in [-0.2, 0) is 31.0 Å². The van der Waals surface area contributed by atoms with Crippen molar-refractivity contribution >= 4 is 23.0 Å². The molecule has 1 heterocycles. The normalized spacial score (nSPS) is 13.0. The van der Waals surface area contributed by atoms with E-state index in [0.29, 0.717) is 16.8 Å². The zero-order valence-electron chi connectivity index (χ0n) is 20.4. The van der Waals surface area contributed by atoms with Crippen LogP contribution >= 0.6 is 0 Å². The van der Waals surface area contributed by atoms with E-state index in [1.807, 2.05) is 0 Å². The molecule has 4 nitrogen and oxygen atoms in total. The van der Waals surface area contributed by atoms with E-state index in [2.05, 4.69) is 10.3 Å². The minimum absolute atomic E-state index is 0. The number of benzene rings is 3. The predicted octanol–water partition coefficient (Wildman–Crippen LogP) is -0.231. The van der Waals surface area contributed by atoms with Crippen molar-refractivity contribution in [1.82, 2.24) is 5.32 Å². The summed E-state index contributed by atoms with van der Waals surface area (Å²) in [4.78, 5) is 30.8. The summed E-state index contributed by atoms with van der Waals surface area (Å²) in [5.74, 6) is -13.2. The number of nitrogens with one attached hydrogen (secondary N) is 1. The Hall–Kier alpha value is -2.68. The van der Waals surface area contributed by atoms with Crippen molar-refractivity contribution < 1.29 is 82.6 Å². The number of halogens is 7. The zero-order valence-corrected chi connectivity index (χ0v) is 24.4. The van der Waals surface area contributed by atoms with Crippen LogP contribution in [0.1, 0.15) is 41.8 Å². The van der Waals surface area contributed by atoms with E-state index >= 15 is 0 Å².